The van der Waals surface area contributed by atoms with Crippen molar-refractivity contribution in [2.45, 2.75) is 44.7 Å². The molecule has 3 rings (SSSR count). The van der Waals surface area contributed by atoms with Crippen LogP contribution >= 0.6 is 11.6 Å². The first-order valence-corrected chi connectivity index (χ1v) is 8.39. The molecule has 1 unspecified atom stereocenters. The number of rotatable bonds is 3. The monoisotopic (exact) mass is 292 g/mol. The zero-order valence-corrected chi connectivity index (χ0v) is 12.9. The van der Waals surface area contributed by atoms with Gasteiger partial charge in [0.2, 0.25) is 0 Å². The Morgan fingerprint density at radius 3 is 2.60 bits per heavy atom. The maximum atomic E-state index is 5.96. The Hall–Kier alpha value is -0.570. The van der Waals surface area contributed by atoms with Crippen molar-refractivity contribution in [3.63, 3.8) is 0 Å². The number of hydrogen-bond donors (Lipinski definition) is 1. The lowest BCUT2D eigenvalue weighted by Crippen LogP contribution is -2.53. The van der Waals surface area contributed by atoms with Crippen molar-refractivity contribution >= 4 is 11.6 Å². The van der Waals surface area contributed by atoms with Gasteiger partial charge in [0.05, 0.1) is 0 Å². The van der Waals surface area contributed by atoms with Crippen LogP contribution in [0.4, 0.5) is 0 Å². The SMILES string of the molecule is Clc1ccc(CN2CCNC(C3CCCCC3)C2)cc1. The third-order valence-electron chi connectivity index (χ3n) is 4.83. The number of nitrogens with zero attached hydrogens (tertiary/aromatic N) is 1. The summed E-state index contributed by atoms with van der Waals surface area (Å²) >= 11 is 5.96. The summed E-state index contributed by atoms with van der Waals surface area (Å²) in [6.45, 7) is 4.55. The van der Waals surface area contributed by atoms with E-state index in [0.717, 1.165) is 30.6 Å². The summed E-state index contributed by atoms with van der Waals surface area (Å²) in [6.07, 6.45) is 7.15. The fraction of sp³-hybridized carbons (Fsp3) is 0.647. The number of nitrogens with one attached hydrogen (secondary N) is 1. The van der Waals surface area contributed by atoms with Crippen LogP contribution in [0.15, 0.2) is 24.3 Å². The summed E-state index contributed by atoms with van der Waals surface area (Å²) in [5, 5.41) is 4.58. The Morgan fingerprint density at radius 1 is 1.10 bits per heavy atom. The van der Waals surface area contributed by atoms with Gasteiger partial charge in [0, 0.05) is 37.2 Å². The third-order valence-corrected chi connectivity index (χ3v) is 5.08. The first-order chi connectivity index (χ1) is 9.81. The van der Waals surface area contributed by atoms with E-state index in [4.69, 9.17) is 11.6 Å². The van der Waals surface area contributed by atoms with E-state index in [-0.39, 0.29) is 0 Å². The largest absolute Gasteiger partial charge is 0.311 e. The molecule has 2 nitrogen and oxygen atoms in total. The molecule has 20 heavy (non-hydrogen) atoms. The quantitative estimate of drug-likeness (QED) is 0.914. The molecule has 1 aliphatic carbocycles. The van der Waals surface area contributed by atoms with Gasteiger partial charge in [0.25, 0.3) is 0 Å². The van der Waals surface area contributed by atoms with E-state index in [0.29, 0.717) is 6.04 Å². The van der Waals surface area contributed by atoms with Crippen LogP contribution in [0.25, 0.3) is 0 Å². The minimum absolute atomic E-state index is 0.705. The molecule has 1 N–H and O–H groups in total. The van der Waals surface area contributed by atoms with Crippen LogP contribution in [0.2, 0.25) is 5.02 Å². The molecule has 1 saturated carbocycles. The molecule has 2 aliphatic rings. The van der Waals surface area contributed by atoms with Crippen LogP contribution in [0, 0.1) is 5.92 Å². The second-order valence-electron chi connectivity index (χ2n) is 6.32. The molecule has 2 fully saturated rings. The maximum absolute atomic E-state index is 5.96. The molecule has 1 aromatic carbocycles. The van der Waals surface area contributed by atoms with E-state index in [1.54, 1.807) is 0 Å². The first kappa shape index (κ1) is 14.4. The molecule has 110 valence electrons. The molecule has 0 aromatic heterocycles. The molecular formula is C17H25ClN2. The molecule has 3 heteroatoms. The van der Waals surface area contributed by atoms with Crippen molar-refractivity contribution < 1.29 is 0 Å². The highest BCUT2D eigenvalue weighted by Crippen LogP contribution is 2.28. The Labute approximate surface area is 127 Å². The summed E-state index contributed by atoms with van der Waals surface area (Å²) in [7, 11) is 0. The van der Waals surface area contributed by atoms with Gasteiger partial charge in [-0.05, 0) is 36.5 Å². The highest BCUT2D eigenvalue weighted by molar-refractivity contribution is 6.30. The van der Waals surface area contributed by atoms with Gasteiger partial charge in [0.1, 0.15) is 0 Å². The zero-order chi connectivity index (χ0) is 13.8. The first-order valence-electron chi connectivity index (χ1n) is 8.01. The van der Waals surface area contributed by atoms with Crippen molar-refractivity contribution in [1.82, 2.24) is 10.2 Å². The van der Waals surface area contributed by atoms with E-state index in [9.17, 15) is 0 Å². The molecule has 0 spiro atoms. The number of hydrogen-bond acceptors (Lipinski definition) is 2. The maximum Gasteiger partial charge on any atom is 0.0406 e. The Morgan fingerprint density at radius 2 is 1.85 bits per heavy atom. The molecule has 0 bridgehead atoms. The fourth-order valence-corrected chi connectivity index (χ4v) is 3.81. The Kier molecular flexibility index (Phi) is 4.98. The van der Waals surface area contributed by atoms with Crippen molar-refractivity contribution in [3.05, 3.63) is 34.9 Å². The molecule has 1 heterocycles. The van der Waals surface area contributed by atoms with Gasteiger partial charge >= 0.3 is 0 Å². The normalized spacial score (nSPS) is 25.8. The molecule has 0 radical (unpaired) electrons. The third kappa shape index (κ3) is 3.75. The van der Waals surface area contributed by atoms with E-state index >= 15 is 0 Å². The summed E-state index contributed by atoms with van der Waals surface area (Å²) in [5.41, 5.74) is 1.37. The van der Waals surface area contributed by atoms with Crippen LogP contribution in [0.3, 0.4) is 0 Å². The second-order valence-corrected chi connectivity index (χ2v) is 6.76. The summed E-state index contributed by atoms with van der Waals surface area (Å²) in [5.74, 6) is 0.900. The standard InChI is InChI=1S/C17H25ClN2/c18-16-8-6-14(7-9-16)12-20-11-10-19-17(13-20)15-4-2-1-3-5-15/h6-9,15,17,19H,1-5,10-13H2. The highest BCUT2D eigenvalue weighted by Gasteiger charge is 2.27. The lowest BCUT2D eigenvalue weighted by atomic mass is 9.83. The van der Waals surface area contributed by atoms with E-state index in [1.165, 1.54) is 44.2 Å². The summed E-state index contributed by atoms with van der Waals surface area (Å²) in [4.78, 5) is 2.60. The summed E-state index contributed by atoms with van der Waals surface area (Å²) < 4.78 is 0. The van der Waals surface area contributed by atoms with Gasteiger partial charge in [-0.25, -0.2) is 0 Å². The van der Waals surface area contributed by atoms with Crippen molar-refractivity contribution in [2.24, 2.45) is 5.92 Å². The van der Waals surface area contributed by atoms with Gasteiger partial charge in [0.15, 0.2) is 0 Å². The molecular weight excluding hydrogens is 268 g/mol. The number of benzene rings is 1. The average molecular weight is 293 g/mol. The minimum atomic E-state index is 0.705. The van der Waals surface area contributed by atoms with Crippen LogP contribution in [0.1, 0.15) is 37.7 Å². The highest BCUT2D eigenvalue weighted by atomic mass is 35.5. The zero-order valence-electron chi connectivity index (χ0n) is 12.2. The predicted octanol–water partition coefficient (Wildman–Crippen LogP) is 3.69. The van der Waals surface area contributed by atoms with E-state index in [1.807, 2.05) is 12.1 Å². The van der Waals surface area contributed by atoms with E-state index < -0.39 is 0 Å². The lowest BCUT2D eigenvalue weighted by Gasteiger charge is -2.39. The second kappa shape index (κ2) is 6.93. The van der Waals surface area contributed by atoms with Gasteiger partial charge < -0.3 is 5.32 Å². The Balaban J connectivity index is 1.56. The van der Waals surface area contributed by atoms with Crippen LogP contribution in [0.5, 0.6) is 0 Å². The number of piperazine rings is 1. The predicted molar refractivity (Wildman–Crippen MR) is 85.1 cm³/mol. The van der Waals surface area contributed by atoms with Crippen LogP contribution in [-0.4, -0.2) is 30.6 Å². The minimum Gasteiger partial charge on any atom is -0.311 e. The van der Waals surface area contributed by atoms with Gasteiger partial charge in [-0.15, -0.1) is 0 Å². The molecule has 1 aromatic rings. The van der Waals surface area contributed by atoms with Crippen molar-refractivity contribution in [3.8, 4) is 0 Å². The van der Waals surface area contributed by atoms with Crippen molar-refractivity contribution in [2.75, 3.05) is 19.6 Å². The molecule has 1 saturated heterocycles. The number of halogens is 1. The molecule has 0 amide bonds. The Bertz CT molecular complexity index is 412. The van der Waals surface area contributed by atoms with Crippen LogP contribution in [-0.2, 0) is 6.54 Å². The van der Waals surface area contributed by atoms with Gasteiger partial charge in [-0.3, -0.25) is 4.90 Å². The smallest absolute Gasteiger partial charge is 0.0406 e. The van der Waals surface area contributed by atoms with Crippen LogP contribution < -0.4 is 5.32 Å². The van der Waals surface area contributed by atoms with E-state index in [2.05, 4.69) is 22.3 Å². The lowest BCUT2D eigenvalue weighted by molar-refractivity contribution is 0.141. The van der Waals surface area contributed by atoms with Gasteiger partial charge in [-0.1, -0.05) is 43.0 Å². The fourth-order valence-electron chi connectivity index (χ4n) is 3.69. The average Bonchev–Trinajstić information content (AvgIpc) is 2.51. The molecule has 1 aliphatic heterocycles. The molecule has 1 atom stereocenters. The topological polar surface area (TPSA) is 15.3 Å². The van der Waals surface area contributed by atoms with Crippen molar-refractivity contribution in [1.29, 1.82) is 0 Å². The summed E-state index contributed by atoms with van der Waals surface area (Å²) in [6, 6.07) is 9.01. The van der Waals surface area contributed by atoms with Gasteiger partial charge in [-0.2, -0.15) is 0 Å².